The number of halogens is 4. The Labute approximate surface area is 170 Å². The van der Waals surface area contributed by atoms with Gasteiger partial charge >= 0.3 is 6.18 Å². The van der Waals surface area contributed by atoms with E-state index < -0.39 is 34.6 Å². The predicted molar refractivity (Wildman–Crippen MR) is 105 cm³/mol. The number of alkyl halides is 3. The van der Waals surface area contributed by atoms with E-state index >= 15 is 0 Å². The summed E-state index contributed by atoms with van der Waals surface area (Å²) >= 11 is 0. The number of hydrogen-bond acceptors (Lipinski definition) is 4. The first-order chi connectivity index (χ1) is 14.0. The normalized spacial score (nSPS) is 20.3. The van der Waals surface area contributed by atoms with Crippen molar-refractivity contribution < 1.29 is 22.4 Å². The molecule has 2 aromatic rings. The molecule has 1 aliphatic rings. The number of carbonyl (C=O) groups excluding carboxylic acids is 1. The maximum Gasteiger partial charge on any atom is 0.417 e. The van der Waals surface area contributed by atoms with Crippen molar-refractivity contribution in [1.82, 2.24) is 9.88 Å². The van der Waals surface area contributed by atoms with Crippen LogP contribution >= 0.6 is 0 Å². The number of H-pyrrole nitrogens is 1. The Morgan fingerprint density at radius 2 is 1.80 bits per heavy atom. The van der Waals surface area contributed by atoms with Gasteiger partial charge in [-0.25, -0.2) is 4.39 Å². The molecule has 1 saturated heterocycles. The van der Waals surface area contributed by atoms with Gasteiger partial charge in [-0.2, -0.15) is 13.2 Å². The van der Waals surface area contributed by atoms with Crippen molar-refractivity contribution in [2.45, 2.75) is 32.1 Å². The Kier molecular flexibility index (Phi) is 5.89. The van der Waals surface area contributed by atoms with Crippen LogP contribution in [-0.4, -0.2) is 48.0 Å². The summed E-state index contributed by atoms with van der Waals surface area (Å²) in [5.74, 6) is -1.58. The first-order valence-corrected chi connectivity index (χ1v) is 9.35. The number of rotatable bonds is 3. The number of benzene rings is 1. The van der Waals surface area contributed by atoms with Crippen LogP contribution in [0.2, 0.25) is 0 Å². The van der Waals surface area contributed by atoms with Gasteiger partial charge in [0.25, 0.3) is 5.91 Å². The fourth-order valence-corrected chi connectivity index (χ4v) is 3.56. The largest absolute Gasteiger partial charge is 0.417 e. The van der Waals surface area contributed by atoms with Crippen molar-refractivity contribution in [3.63, 3.8) is 0 Å². The lowest BCUT2D eigenvalue weighted by molar-refractivity contribution is -0.138. The molecule has 2 heterocycles. The zero-order valence-corrected chi connectivity index (χ0v) is 16.7. The van der Waals surface area contributed by atoms with Crippen LogP contribution in [0.5, 0.6) is 0 Å². The zero-order chi connectivity index (χ0) is 22.2. The number of hydrogen-bond donors (Lipinski definition) is 2. The van der Waals surface area contributed by atoms with Crippen molar-refractivity contribution >= 4 is 17.3 Å². The van der Waals surface area contributed by atoms with Crippen LogP contribution in [0, 0.1) is 5.82 Å². The second kappa shape index (κ2) is 8.10. The number of aromatic nitrogens is 1. The SMILES string of the molecule is C[C@@H]1CN(c2cc(F)ccc2NC(=O)c2c[nH]c(=O)cc2C(F)(F)F)C[C@H](C)N1C. The Balaban J connectivity index is 1.95. The first kappa shape index (κ1) is 21.8. The van der Waals surface area contributed by atoms with E-state index in [0.29, 0.717) is 24.8 Å². The average molecular weight is 426 g/mol. The Bertz CT molecular complexity index is 993. The molecular formula is C20H22F4N4O2. The fraction of sp³-hybridized carbons (Fsp3) is 0.400. The minimum Gasteiger partial charge on any atom is -0.367 e. The molecule has 0 saturated carbocycles. The molecule has 2 N–H and O–H groups in total. The minimum atomic E-state index is -4.88. The maximum atomic E-state index is 14.0. The average Bonchev–Trinajstić information content (AvgIpc) is 2.66. The Morgan fingerprint density at radius 1 is 1.17 bits per heavy atom. The van der Waals surface area contributed by atoms with Crippen molar-refractivity contribution in [2.75, 3.05) is 30.4 Å². The number of likely N-dealkylation sites (N-methyl/N-ethyl adjacent to an activating group) is 1. The van der Waals surface area contributed by atoms with Crippen molar-refractivity contribution in [3.05, 3.63) is 57.8 Å². The highest BCUT2D eigenvalue weighted by Gasteiger charge is 2.36. The second-order valence-corrected chi connectivity index (χ2v) is 7.51. The lowest BCUT2D eigenvalue weighted by Crippen LogP contribution is -2.55. The summed E-state index contributed by atoms with van der Waals surface area (Å²) in [6.45, 7) is 5.13. The molecule has 0 spiro atoms. The Hall–Kier alpha value is -2.88. The number of piperazine rings is 1. The molecule has 0 unspecified atom stereocenters. The van der Waals surface area contributed by atoms with Crippen LogP contribution < -0.4 is 15.8 Å². The topological polar surface area (TPSA) is 68.4 Å². The molecule has 30 heavy (non-hydrogen) atoms. The van der Waals surface area contributed by atoms with Gasteiger partial charge in [0, 0.05) is 37.4 Å². The zero-order valence-electron chi connectivity index (χ0n) is 16.7. The van der Waals surface area contributed by atoms with E-state index in [1.54, 1.807) is 0 Å². The summed E-state index contributed by atoms with van der Waals surface area (Å²) in [7, 11) is 1.98. The summed E-state index contributed by atoms with van der Waals surface area (Å²) in [6, 6.07) is 4.32. The number of pyridine rings is 1. The van der Waals surface area contributed by atoms with Gasteiger partial charge in [-0.3, -0.25) is 14.5 Å². The van der Waals surface area contributed by atoms with Crippen LogP contribution in [0.4, 0.5) is 28.9 Å². The van der Waals surface area contributed by atoms with Gasteiger partial charge in [0.15, 0.2) is 0 Å². The molecule has 3 rings (SSSR count). The number of nitrogens with one attached hydrogen (secondary N) is 2. The lowest BCUT2D eigenvalue weighted by atomic mass is 10.1. The van der Waals surface area contributed by atoms with Crippen molar-refractivity contribution in [1.29, 1.82) is 0 Å². The molecule has 1 fully saturated rings. The summed E-state index contributed by atoms with van der Waals surface area (Å²) in [5, 5.41) is 2.44. The van der Waals surface area contributed by atoms with E-state index in [0.717, 1.165) is 12.3 Å². The molecule has 1 amide bonds. The van der Waals surface area contributed by atoms with Gasteiger partial charge in [0.1, 0.15) is 5.82 Å². The summed E-state index contributed by atoms with van der Waals surface area (Å²) in [4.78, 5) is 30.1. The monoisotopic (exact) mass is 426 g/mol. The standard InChI is InChI=1S/C20H22F4N4O2/c1-11-9-28(10-12(2)27(11)3)17-6-13(21)4-5-16(17)26-19(30)14-8-25-18(29)7-15(14)20(22,23)24/h4-8,11-12H,9-10H2,1-3H3,(H,25,29)(H,26,30)/t11-,12+. The van der Waals surface area contributed by atoms with Crippen LogP contribution in [0.25, 0.3) is 0 Å². The molecule has 6 nitrogen and oxygen atoms in total. The molecule has 0 radical (unpaired) electrons. The number of nitrogens with zero attached hydrogens (tertiary/aromatic N) is 2. The maximum absolute atomic E-state index is 14.0. The van der Waals surface area contributed by atoms with Crippen LogP contribution in [0.3, 0.4) is 0 Å². The molecule has 0 aliphatic carbocycles. The van der Waals surface area contributed by atoms with Gasteiger partial charge in [-0.05, 0) is 39.1 Å². The molecule has 162 valence electrons. The third kappa shape index (κ3) is 4.48. The van der Waals surface area contributed by atoms with Crippen molar-refractivity contribution in [2.24, 2.45) is 0 Å². The predicted octanol–water partition coefficient (Wildman–Crippen LogP) is 3.31. The van der Waals surface area contributed by atoms with Crippen molar-refractivity contribution in [3.8, 4) is 0 Å². The minimum absolute atomic E-state index is 0.150. The van der Waals surface area contributed by atoms with E-state index in [2.05, 4.69) is 15.2 Å². The van der Waals surface area contributed by atoms with Gasteiger partial charge < -0.3 is 15.2 Å². The number of carbonyl (C=O) groups is 1. The molecular weight excluding hydrogens is 404 g/mol. The second-order valence-electron chi connectivity index (χ2n) is 7.51. The highest BCUT2D eigenvalue weighted by atomic mass is 19.4. The molecule has 2 atom stereocenters. The highest BCUT2D eigenvalue weighted by Crippen LogP contribution is 2.33. The lowest BCUT2D eigenvalue weighted by Gasteiger charge is -2.44. The van der Waals surface area contributed by atoms with E-state index in [1.165, 1.54) is 12.1 Å². The number of anilines is 2. The quantitative estimate of drug-likeness (QED) is 0.739. The highest BCUT2D eigenvalue weighted by molar-refractivity contribution is 6.06. The molecule has 0 bridgehead atoms. The summed E-state index contributed by atoms with van der Waals surface area (Å²) in [6.07, 6.45) is -4.15. The van der Waals surface area contributed by atoms with Gasteiger partial charge in [-0.1, -0.05) is 0 Å². The van der Waals surface area contributed by atoms with Gasteiger partial charge in [0.2, 0.25) is 5.56 Å². The molecule has 1 aromatic carbocycles. The third-order valence-electron chi connectivity index (χ3n) is 5.38. The number of aromatic amines is 1. The van der Waals surface area contributed by atoms with Crippen LogP contribution in [0.15, 0.2) is 35.3 Å². The number of amides is 1. The molecule has 10 heteroatoms. The Morgan fingerprint density at radius 3 is 2.40 bits per heavy atom. The fourth-order valence-electron chi connectivity index (χ4n) is 3.56. The molecule has 1 aromatic heterocycles. The molecule has 1 aliphatic heterocycles. The van der Waals surface area contributed by atoms with Gasteiger partial charge in [0.05, 0.1) is 22.5 Å². The van der Waals surface area contributed by atoms with Crippen LogP contribution in [-0.2, 0) is 6.18 Å². The third-order valence-corrected chi connectivity index (χ3v) is 5.38. The summed E-state index contributed by atoms with van der Waals surface area (Å²) in [5.41, 5.74) is -2.47. The smallest absolute Gasteiger partial charge is 0.367 e. The van der Waals surface area contributed by atoms with Gasteiger partial charge in [-0.15, -0.1) is 0 Å². The van der Waals surface area contributed by atoms with E-state index in [4.69, 9.17) is 0 Å². The summed E-state index contributed by atoms with van der Waals surface area (Å²) < 4.78 is 53.8. The van der Waals surface area contributed by atoms with E-state index in [9.17, 15) is 27.2 Å². The first-order valence-electron chi connectivity index (χ1n) is 9.35. The van der Waals surface area contributed by atoms with E-state index in [1.807, 2.05) is 25.8 Å². The van der Waals surface area contributed by atoms with Crippen LogP contribution in [0.1, 0.15) is 29.8 Å². The van der Waals surface area contributed by atoms with E-state index in [-0.39, 0.29) is 17.8 Å².